The predicted molar refractivity (Wildman–Crippen MR) is 86.9 cm³/mol. The van der Waals surface area contributed by atoms with Crippen LogP contribution in [0.2, 0.25) is 5.02 Å². The fourth-order valence-electron chi connectivity index (χ4n) is 2.49. The summed E-state index contributed by atoms with van der Waals surface area (Å²) < 4.78 is 5.82. The molecule has 1 unspecified atom stereocenters. The molecule has 0 amide bonds. The fraction of sp³-hybridized carbons (Fsp3) is 0.0625. The van der Waals surface area contributed by atoms with E-state index in [4.69, 9.17) is 21.8 Å². The van der Waals surface area contributed by atoms with Gasteiger partial charge in [0.2, 0.25) is 0 Å². The van der Waals surface area contributed by atoms with Crippen molar-refractivity contribution in [2.75, 3.05) is 0 Å². The molecule has 2 aromatic heterocycles. The third-order valence-corrected chi connectivity index (χ3v) is 4.63. The molecule has 104 valence electrons. The highest BCUT2D eigenvalue weighted by Crippen LogP contribution is 2.33. The van der Waals surface area contributed by atoms with Crippen LogP contribution < -0.4 is 5.73 Å². The van der Waals surface area contributed by atoms with Crippen molar-refractivity contribution in [3.63, 3.8) is 0 Å². The van der Waals surface area contributed by atoms with Gasteiger partial charge in [0.25, 0.3) is 0 Å². The Labute approximate surface area is 130 Å². The number of thiazole rings is 1. The van der Waals surface area contributed by atoms with Gasteiger partial charge in [-0.2, -0.15) is 0 Å². The summed E-state index contributed by atoms with van der Waals surface area (Å²) in [5.41, 5.74) is 8.96. The second-order valence-electron chi connectivity index (χ2n) is 4.85. The lowest BCUT2D eigenvalue weighted by Gasteiger charge is -2.08. The van der Waals surface area contributed by atoms with Gasteiger partial charge in [-0.05, 0) is 35.9 Å². The van der Waals surface area contributed by atoms with Crippen LogP contribution in [0.4, 0.5) is 0 Å². The summed E-state index contributed by atoms with van der Waals surface area (Å²) >= 11 is 7.64. The first-order valence-electron chi connectivity index (χ1n) is 6.49. The van der Waals surface area contributed by atoms with Crippen LogP contribution in [0, 0.1) is 0 Å². The Hall–Kier alpha value is -1.88. The molecule has 1 atom stereocenters. The van der Waals surface area contributed by atoms with Gasteiger partial charge in [-0.15, -0.1) is 11.3 Å². The van der Waals surface area contributed by atoms with Crippen LogP contribution in [-0.2, 0) is 0 Å². The third kappa shape index (κ3) is 2.12. The Kier molecular flexibility index (Phi) is 2.96. The van der Waals surface area contributed by atoms with Crippen molar-refractivity contribution in [3.05, 3.63) is 63.6 Å². The number of benzene rings is 2. The standard InChI is InChI=1S/C16H11ClN2OS/c17-10-2-4-14-12(8-10)11-7-9(1-3-13(11)20-14)15(18)16-19-5-6-21-16/h1-8,15H,18H2. The van der Waals surface area contributed by atoms with Crippen molar-refractivity contribution in [1.29, 1.82) is 0 Å². The smallest absolute Gasteiger partial charge is 0.135 e. The Morgan fingerprint density at radius 1 is 1.10 bits per heavy atom. The predicted octanol–water partition coefficient (Wildman–Crippen LogP) is 4.74. The third-order valence-electron chi connectivity index (χ3n) is 3.53. The van der Waals surface area contributed by atoms with Crippen molar-refractivity contribution in [1.82, 2.24) is 4.98 Å². The maximum Gasteiger partial charge on any atom is 0.135 e. The summed E-state index contributed by atoms with van der Waals surface area (Å²) in [5.74, 6) is 0. The molecule has 0 aliphatic carbocycles. The lowest BCUT2D eigenvalue weighted by Crippen LogP contribution is -2.11. The summed E-state index contributed by atoms with van der Waals surface area (Å²) in [6.45, 7) is 0. The first kappa shape index (κ1) is 12.8. The summed E-state index contributed by atoms with van der Waals surface area (Å²) in [4.78, 5) is 4.29. The minimum absolute atomic E-state index is 0.224. The van der Waals surface area contributed by atoms with Crippen LogP contribution in [0.3, 0.4) is 0 Å². The first-order valence-corrected chi connectivity index (χ1v) is 7.75. The maximum atomic E-state index is 6.29. The highest BCUT2D eigenvalue weighted by Gasteiger charge is 2.14. The van der Waals surface area contributed by atoms with E-state index >= 15 is 0 Å². The Balaban J connectivity index is 1.92. The number of hydrogen-bond acceptors (Lipinski definition) is 4. The number of hydrogen-bond donors (Lipinski definition) is 1. The molecule has 4 rings (SSSR count). The van der Waals surface area contributed by atoms with Gasteiger partial charge in [0.1, 0.15) is 16.2 Å². The molecule has 0 spiro atoms. The summed E-state index contributed by atoms with van der Waals surface area (Å²) in [6.07, 6.45) is 1.77. The van der Waals surface area contributed by atoms with E-state index in [0.717, 1.165) is 32.5 Å². The van der Waals surface area contributed by atoms with Crippen LogP contribution >= 0.6 is 22.9 Å². The molecule has 0 fully saturated rings. The molecular weight excluding hydrogens is 304 g/mol. The van der Waals surface area contributed by atoms with E-state index in [-0.39, 0.29) is 6.04 Å². The highest BCUT2D eigenvalue weighted by molar-refractivity contribution is 7.09. The first-order chi connectivity index (χ1) is 10.2. The van der Waals surface area contributed by atoms with Gasteiger partial charge in [-0.25, -0.2) is 4.98 Å². The molecule has 0 saturated carbocycles. The molecule has 0 aliphatic heterocycles. The van der Waals surface area contributed by atoms with Gasteiger partial charge in [-0.1, -0.05) is 17.7 Å². The summed E-state index contributed by atoms with van der Waals surface area (Å²) in [7, 11) is 0. The van der Waals surface area contributed by atoms with E-state index in [1.807, 2.05) is 35.7 Å². The van der Waals surface area contributed by atoms with Crippen molar-refractivity contribution < 1.29 is 4.42 Å². The molecule has 2 heterocycles. The number of aromatic nitrogens is 1. The molecule has 2 aromatic carbocycles. The lowest BCUT2D eigenvalue weighted by molar-refractivity contribution is 0.668. The largest absolute Gasteiger partial charge is 0.456 e. The number of furan rings is 1. The van der Waals surface area contributed by atoms with E-state index in [9.17, 15) is 0 Å². The van der Waals surface area contributed by atoms with Crippen LogP contribution in [-0.4, -0.2) is 4.98 Å². The van der Waals surface area contributed by atoms with Gasteiger partial charge in [0.15, 0.2) is 0 Å². The molecule has 5 heteroatoms. The molecule has 0 aliphatic rings. The minimum Gasteiger partial charge on any atom is -0.456 e. The zero-order valence-electron chi connectivity index (χ0n) is 10.9. The molecule has 4 aromatic rings. The average Bonchev–Trinajstić information content (AvgIpc) is 3.13. The topological polar surface area (TPSA) is 52.0 Å². The minimum atomic E-state index is -0.224. The van der Waals surface area contributed by atoms with Crippen LogP contribution in [0.15, 0.2) is 52.4 Å². The number of fused-ring (bicyclic) bond motifs is 3. The second-order valence-corrected chi connectivity index (χ2v) is 6.21. The van der Waals surface area contributed by atoms with Crippen LogP contribution in [0.25, 0.3) is 21.9 Å². The quantitative estimate of drug-likeness (QED) is 0.581. The Morgan fingerprint density at radius 2 is 1.86 bits per heavy atom. The van der Waals surface area contributed by atoms with E-state index < -0.39 is 0 Å². The van der Waals surface area contributed by atoms with Gasteiger partial charge in [0, 0.05) is 27.4 Å². The second kappa shape index (κ2) is 4.84. The lowest BCUT2D eigenvalue weighted by atomic mass is 10.0. The van der Waals surface area contributed by atoms with Crippen molar-refractivity contribution in [2.24, 2.45) is 5.73 Å². The zero-order valence-corrected chi connectivity index (χ0v) is 12.5. The number of nitrogens with two attached hydrogens (primary N) is 1. The number of rotatable bonds is 2. The molecule has 21 heavy (non-hydrogen) atoms. The molecule has 0 radical (unpaired) electrons. The molecular formula is C16H11ClN2OS. The molecule has 2 N–H and O–H groups in total. The number of nitrogens with zero attached hydrogens (tertiary/aromatic N) is 1. The summed E-state index contributed by atoms with van der Waals surface area (Å²) in [6, 6.07) is 11.4. The average molecular weight is 315 g/mol. The monoisotopic (exact) mass is 314 g/mol. The van der Waals surface area contributed by atoms with Gasteiger partial charge >= 0.3 is 0 Å². The summed E-state index contributed by atoms with van der Waals surface area (Å²) in [5, 5.41) is 5.56. The normalized spacial score (nSPS) is 13.0. The van der Waals surface area contributed by atoms with E-state index in [1.54, 1.807) is 17.5 Å². The van der Waals surface area contributed by atoms with E-state index in [0.29, 0.717) is 5.02 Å². The van der Waals surface area contributed by atoms with E-state index in [2.05, 4.69) is 11.1 Å². The van der Waals surface area contributed by atoms with Crippen LogP contribution in [0.5, 0.6) is 0 Å². The van der Waals surface area contributed by atoms with Crippen LogP contribution in [0.1, 0.15) is 16.6 Å². The highest BCUT2D eigenvalue weighted by atomic mass is 35.5. The SMILES string of the molecule is NC(c1ccc2oc3ccc(Cl)cc3c2c1)c1nccs1. The Bertz CT molecular complexity index is 930. The fourth-order valence-corrected chi connectivity index (χ4v) is 3.33. The maximum absolute atomic E-state index is 6.29. The Morgan fingerprint density at radius 3 is 2.62 bits per heavy atom. The van der Waals surface area contributed by atoms with Gasteiger partial charge in [0.05, 0.1) is 6.04 Å². The number of halogens is 1. The van der Waals surface area contributed by atoms with Gasteiger partial charge < -0.3 is 10.2 Å². The van der Waals surface area contributed by atoms with E-state index in [1.165, 1.54) is 0 Å². The van der Waals surface area contributed by atoms with Gasteiger partial charge in [-0.3, -0.25) is 0 Å². The molecule has 0 bridgehead atoms. The zero-order chi connectivity index (χ0) is 14.4. The van der Waals surface area contributed by atoms with Crippen molar-refractivity contribution in [3.8, 4) is 0 Å². The molecule has 3 nitrogen and oxygen atoms in total. The molecule has 0 saturated heterocycles. The van der Waals surface area contributed by atoms with Crippen molar-refractivity contribution >= 4 is 44.9 Å². The van der Waals surface area contributed by atoms with Crippen molar-refractivity contribution in [2.45, 2.75) is 6.04 Å².